The first-order valence-corrected chi connectivity index (χ1v) is 6.58. The maximum absolute atomic E-state index is 5.95. The van der Waals surface area contributed by atoms with Crippen LogP contribution in [0.25, 0.3) is 0 Å². The average Bonchev–Trinajstić information content (AvgIpc) is 2.85. The van der Waals surface area contributed by atoms with Gasteiger partial charge in [-0.25, -0.2) is 4.98 Å². The minimum Gasteiger partial charge on any atom is -0.352 e. The summed E-state index contributed by atoms with van der Waals surface area (Å²) in [6, 6.07) is 7.71. The zero-order valence-electron chi connectivity index (χ0n) is 11.9. The molecule has 0 bridgehead atoms. The number of hydrogen-bond acceptors (Lipinski definition) is 3. The van der Waals surface area contributed by atoms with Gasteiger partial charge >= 0.3 is 0 Å². The van der Waals surface area contributed by atoms with E-state index in [9.17, 15) is 0 Å². The van der Waals surface area contributed by atoms with Crippen molar-refractivity contribution < 1.29 is 0 Å². The smallest absolute Gasteiger partial charge is 0.191 e. The topological polar surface area (TPSA) is 67.1 Å². The van der Waals surface area contributed by atoms with Crippen LogP contribution in [0.1, 0.15) is 11.4 Å². The van der Waals surface area contributed by atoms with Crippen LogP contribution in [0.4, 0.5) is 0 Å². The Labute approximate surface area is 146 Å². The predicted molar refractivity (Wildman–Crippen MR) is 94.9 cm³/mol. The summed E-state index contributed by atoms with van der Waals surface area (Å²) in [5.74, 6) is 1.55. The van der Waals surface area contributed by atoms with Crippen LogP contribution in [0.2, 0.25) is 5.02 Å². The molecule has 0 atom stereocenters. The van der Waals surface area contributed by atoms with E-state index in [4.69, 9.17) is 11.6 Å². The Kier molecular flexibility index (Phi) is 7.44. The molecule has 2 rings (SSSR count). The summed E-state index contributed by atoms with van der Waals surface area (Å²) in [6.45, 7) is 1.21. The minimum atomic E-state index is 0. The second-order valence-corrected chi connectivity index (χ2v) is 4.65. The molecule has 1 aromatic carbocycles. The van der Waals surface area contributed by atoms with Crippen molar-refractivity contribution in [3.8, 4) is 0 Å². The molecule has 0 aliphatic heterocycles. The van der Waals surface area contributed by atoms with Crippen molar-refractivity contribution in [1.29, 1.82) is 0 Å². The number of aromatic nitrogens is 3. The lowest BCUT2D eigenvalue weighted by Crippen LogP contribution is -2.36. The van der Waals surface area contributed by atoms with Crippen molar-refractivity contribution in [2.75, 3.05) is 7.05 Å². The largest absolute Gasteiger partial charge is 0.352 e. The van der Waals surface area contributed by atoms with Gasteiger partial charge in [-0.15, -0.1) is 24.0 Å². The predicted octanol–water partition coefficient (Wildman–Crippen LogP) is 1.95. The monoisotopic (exact) mass is 420 g/mol. The second kappa shape index (κ2) is 8.83. The summed E-state index contributed by atoms with van der Waals surface area (Å²) in [5.41, 5.74) is 1.10. The Hall–Kier alpha value is -1.35. The molecule has 8 heteroatoms. The van der Waals surface area contributed by atoms with Crippen LogP contribution >= 0.6 is 35.6 Å². The van der Waals surface area contributed by atoms with Crippen molar-refractivity contribution in [2.24, 2.45) is 12.0 Å². The molecule has 0 aliphatic carbocycles. The van der Waals surface area contributed by atoms with Crippen LogP contribution < -0.4 is 10.6 Å². The van der Waals surface area contributed by atoms with Crippen LogP contribution in [-0.2, 0) is 20.1 Å². The molecule has 0 spiro atoms. The number of nitrogens with one attached hydrogen (secondary N) is 2. The Morgan fingerprint density at radius 2 is 2.10 bits per heavy atom. The van der Waals surface area contributed by atoms with Crippen molar-refractivity contribution in [3.05, 3.63) is 47.0 Å². The lowest BCUT2D eigenvalue weighted by molar-refractivity contribution is 0.672. The third-order valence-corrected chi connectivity index (χ3v) is 3.03. The number of guanidine groups is 1. The van der Waals surface area contributed by atoms with Gasteiger partial charge in [-0.05, 0) is 17.7 Å². The van der Waals surface area contributed by atoms with Gasteiger partial charge in [0, 0.05) is 25.7 Å². The van der Waals surface area contributed by atoms with Crippen molar-refractivity contribution >= 4 is 41.5 Å². The summed E-state index contributed by atoms with van der Waals surface area (Å²) in [7, 11) is 3.58. The first-order valence-electron chi connectivity index (χ1n) is 6.21. The zero-order chi connectivity index (χ0) is 14.4. The highest BCUT2D eigenvalue weighted by Gasteiger charge is 2.03. The maximum atomic E-state index is 5.95. The maximum Gasteiger partial charge on any atom is 0.191 e. The Morgan fingerprint density at radius 3 is 2.71 bits per heavy atom. The molecule has 0 saturated carbocycles. The van der Waals surface area contributed by atoms with E-state index in [1.807, 2.05) is 31.3 Å². The Bertz CT molecular complexity index is 598. The fourth-order valence-corrected chi connectivity index (χ4v) is 1.91. The van der Waals surface area contributed by atoms with Gasteiger partial charge in [0.2, 0.25) is 0 Å². The fraction of sp³-hybridized carbons (Fsp3) is 0.308. The molecule has 1 aromatic heterocycles. The summed E-state index contributed by atoms with van der Waals surface area (Å²) in [4.78, 5) is 8.30. The highest BCUT2D eigenvalue weighted by atomic mass is 127. The second-order valence-electron chi connectivity index (χ2n) is 4.21. The molecular formula is C13H18ClIN6. The van der Waals surface area contributed by atoms with Gasteiger partial charge in [-0.2, -0.15) is 5.10 Å². The molecule has 2 aromatic rings. The molecule has 6 nitrogen and oxygen atoms in total. The highest BCUT2D eigenvalue weighted by molar-refractivity contribution is 14.0. The van der Waals surface area contributed by atoms with Crippen LogP contribution in [0.15, 0.2) is 35.6 Å². The molecule has 114 valence electrons. The van der Waals surface area contributed by atoms with Crippen molar-refractivity contribution in [2.45, 2.75) is 13.1 Å². The average molecular weight is 421 g/mol. The lowest BCUT2D eigenvalue weighted by atomic mass is 10.2. The lowest BCUT2D eigenvalue weighted by Gasteiger charge is -2.11. The summed E-state index contributed by atoms with van der Waals surface area (Å²) in [6.07, 6.45) is 1.53. The number of aliphatic imine (C=N–C) groups is 1. The normalized spacial score (nSPS) is 10.9. The van der Waals surface area contributed by atoms with E-state index in [2.05, 4.69) is 25.7 Å². The van der Waals surface area contributed by atoms with Crippen LogP contribution in [-0.4, -0.2) is 27.8 Å². The van der Waals surface area contributed by atoms with Crippen LogP contribution in [0, 0.1) is 0 Å². The van der Waals surface area contributed by atoms with E-state index >= 15 is 0 Å². The highest BCUT2D eigenvalue weighted by Crippen LogP contribution is 2.10. The molecular weight excluding hydrogens is 403 g/mol. The van der Waals surface area contributed by atoms with E-state index in [-0.39, 0.29) is 24.0 Å². The van der Waals surface area contributed by atoms with Gasteiger partial charge in [0.05, 0.1) is 6.54 Å². The third-order valence-electron chi connectivity index (χ3n) is 2.79. The standard InChI is InChI=1S/C13H17ClN6.HI/c1-15-13(17-8-12-18-9-19-20(12)2)16-7-10-4-3-5-11(14)6-10;/h3-6,9H,7-8H2,1-2H3,(H2,15,16,17);1H. The SMILES string of the molecule is CN=C(NCc1cccc(Cl)c1)NCc1ncnn1C.I. The number of hydrogen-bond donors (Lipinski definition) is 2. The number of aryl methyl sites for hydroxylation is 1. The summed E-state index contributed by atoms with van der Waals surface area (Å²) in [5, 5.41) is 11.1. The van der Waals surface area contributed by atoms with E-state index in [0.29, 0.717) is 19.0 Å². The molecule has 0 fully saturated rings. The Balaban J connectivity index is 0.00000220. The van der Waals surface area contributed by atoms with E-state index in [1.165, 1.54) is 6.33 Å². The van der Waals surface area contributed by atoms with Gasteiger partial charge in [0.1, 0.15) is 12.2 Å². The molecule has 0 unspecified atom stereocenters. The van der Waals surface area contributed by atoms with Crippen molar-refractivity contribution in [1.82, 2.24) is 25.4 Å². The molecule has 0 aliphatic rings. The first-order chi connectivity index (χ1) is 9.69. The van der Waals surface area contributed by atoms with Gasteiger partial charge in [-0.1, -0.05) is 23.7 Å². The molecule has 1 heterocycles. The number of halogens is 2. The van der Waals surface area contributed by atoms with Gasteiger partial charge in [-0.3, -0.25) is 9.67 Å². The van der Waals surface area contributed by atoms with Crippen molar-refractivity contribution in [3.63, 3.8) is 0 Å². The Morgan fingerprint density at radius 1 is 1.33 bits per heavy atom. The number of nitrogens with zero attached hydrogens (tertiary/aromatic N) is 4. The molecule has 0 amide bonds. The third kappa shape index (κ3) is 5.50. The van der Waals surface area contributed by atoms with Crippen LogP contribution in [0.5, 0.6) is 0 Å². The molecule has 0 radical (unpaired) electrons. The number of rotatable bonds is 4. The van der Waals surface area contributed by atoms with Gasteiger partial charge in [0.15, 0.2) is 5.96 Å². The van der Waals surface area contributed by atoms with E-state index in [1.54, 1.807) is 11.7 Å². The summed E-state index contributed by atoms with van der Waals surface area (Å²) < 4.78 is 1.72. The fourth-order valence-electron chi connectivity index (χ4n) is 1.70. The van der Waals surface area contributed by atoms with Crippen LogP contribution in [0.3, 0.4) is 0 Å². The molecule has 21 heavy (non-hydrogen) atoms. The molecule has 2 N–H and O–H groups in total. The van der Waals surface area contributed by atoms with Gasteiger partial charge in [0.25, 0.3) is 0 Å². The van der Waals surface area contributed by atoms with Gasteiger partial charge < -0.3 is 10.6 Å². The zero-order valence-corrected chi connectivity index (χ0v) is 15.0. The summed E-state index contributed by atoms with van der Waals surface area (Å²) >= 11 is 5.95. The minimum absolute atomic E-state index is 0. The van der Waals surface area contributed by atoms with E-state index < -0.39 is 0 Å². The molecule has 0 saturated heterocycles. The van der Waals surface area contributed by atoms with E-state index in [0.717, 1.165) is 16.4 Å². The quantitative estimate of drug-likeness (QED) is 0.451. The first kappa shape index (κ1) is 17.7. The number of benzene rings is 1.